The zero-order valence-electron chi connectivity index (χ0n) is 22.8. The summed E-state index contributed by atoms with van der Waals surface area (Å²) in [5, 5.41) is 0. The lowest BCUT2D eigenvalue weighted by Gasteiger charge is -2.35. The summed E-state index contributed by atoms with van der Waals surface area (Å²) in [6.07, 6.45) is 35.3. The van der Waals surface area contributed by atoms with E-state index in [2.05, 4.69) is 49.9 Å². The smallest absolute Gasteiger partial charge is 0.101 e. The number of nitrogens with zero attached hydrogens (tertiary/aromatic N) is 2. The van der Waals surface area contributed by atoms with Gasteiger partial charge in [0.05, 0.1) is 0 Å². The molecule has 0 aromatic rings. The largest absolute Gasteiger partial charge is 0.356 e. The molecule has 1 atom stereocenters. The number of hydrogen-bond acceptors (Lipinski definition) is 2. The quantitative estimate of drug-likeness (QED) is 0.143. The van der Waals surface area contributed by atoms with Crippen molar-refractivity contribution in [2.75, 3.05) is 6.54 Å². The Morgan fingerprint density at radius 1 is 0.531 bits per heavy atom. The number of rotatable bonds is 23. The Bertz CT molecular complexity index is 417. The molecule has 0 spiro atoms. The van der Waals surface area contributed by atoms with Crippen LogP contribution in [0.3, 0.4) is 0 Å². The van der Waals surface area contributed by atoms with Crippen LogP contribution in [-0.4, -0.2) is 28.6 Å². The maximum Gasteiger partial charge on any atom is 0.101 e. The standard InChI is InChI=1S/C30H60N2/c1-5-7-9-11-13-14-15-16-17-18-20-22-24-26-31-27-28-32(29(3)4)30(31)25-23-21-19-12-10-8-6-2/h27-30H,5-26H2,1-4H3. The molecule has 0 aliphatic carbocycles. The summed E-state index contributed by atoms with van der Waals surface area (Å²) in [6, 6.07) is 0.609. The second-order valence-corrected chi connectivity index (χ2v) is 10.7. The van der Waals surface area contributed by atoms with Crippen molar-refractivity contribution < 1.29 is 0 Å². The van der Waals surface area contributed by atoms with Gasteiger partial charge in [0.25, 0.3) is 0 Å². The highest BCUT2D eigenvalue weighted by molar-refractivity contribution is 4.98. The first-order chi connectivity index (χ1) is 15.7. The first-order valence-electron chi connectivity index (χ1n) is 14.9. The minimum absolute atomic E-state index is 0.609. The molecule has 0 saturated carbocycles. The molecule has 190 valence electrons. The van der Waals surface area contributed by atoms with Gasteiger partial charge in [-0.1, -0.05) is 129 Å². The zero-order chi connectivity index (χ0) is 23.3. The molecular formula is C30H60N2. The van der Waals surface area contributed by atoms with Crippen LogP contribution in [0.2, 0.25) is 0 Å². The predicted molar refractivity (Wildman–Crippen MR) is 145 cm³/mol. The van der Waals surface area contributed by atoms with E-state index in [1.807, 2.05) is 0 Å². The third-order valence-electron chi connectivity index (χ3n) is 7.34. The predicted octanol–water partition coefficient (Wildman–Crippen LogP) is 10.0. The molecule has 1 aliphatic heterocycles. The van der Waals surface area contributed by atoms with Crippen molar-refractivity contribution in [2.24, 2.45) is 0 Å². The molecule has 0 fully saturated rings. The summed E-state index contributed by atoms with van der Waals surface area (Å²) >= 11 is 0. The molecule has 0 saturated heterocycles. The van der Waals surface area contributed by atoms with Crippen molar-refractivity contribution in [3.05, 3.63) is 12.4 Å². The van der Waals surface area contributed by atoms with Gasteiger partial charge in [-0.2, -0.15) is 0 Å². The summed E-state index contributed by atoms with van der Waals surface area (Å²) < 4.78 is 0. The van der Waals surface area contributed by atoms with Gasteiger partial charge in [0.2, 0.25) is 0 Å². The van der Waals surface area contributed by atoms with Gasteiger partial charge in [-0.25, -0.2) is 0 Å². The van der Waals surface area contributed by atoms with E-state index in [0.717, 1.165) is 0 Å². The maximum atomic E-state index is 2.65. The summed E-state index contributed by atoms with van der Waals surface area (Å²) in [5.41, 5.74) is 0. The van der Waals surface area contributed by atoms with Gasteiger partial charge >= 0.3 is 0 Å². The summed E-state index contributed by atoms with van der Waals surface area (Å²) in [5.74, 6) is 0. The Labute approximate surface area is 203 Å². The van der Waals surface area contributed by atoms with Gasteiger partial charge in [0, 0.05) is 25.0 Å². The minimum Gasteiger partial charge on any atom is -0.356 e. The Morgan fingerprint density at radius 3 is 1.38 bits per heavy atom. The molecule has 0 radical (unpaired) electrons. The van der Waals surface area contributed by atoms with Gasteiger partial charge < -0.3 is 9.80 Å². The van der Waals surface area contributed by atoms with Gasteiger partial charge in [0.1, 0.15) is 6.17 Å². The third kappa shape index (κ3) is 14.5. The Balaban J connectivity index is 2.06. The van der Waals surface area contributed by atoms with Crippen LogP contribution in [0.1, 0.15) is 163 Å². The normalized spacial score (nSPS) is 16.1. The van der Waals surface area contributed by atoms with Gasteiger partial charge in [0.15, 0.2) is 0 Å². The van der Waals surface area contributed by atoms with E-state index in [0.29, 0.717) is 12.2 Å². The molecule has 1 heterocycles. The lowest BCUT2D eigenvalue weighted by atomic mass is 10.0. The van der Waals surface area contributed by atoms with Crippen LogP contribution >= 0.6 is 0 Å². The molecule has 2 nitrogen and oxygen atoms in total. The maximum absolute atomic E-state index is 2.65. The molecule has 1 rings (SSSR count). The Hall–Kier alpha value is -0.660. The fourth-order valence-corrected chi connectivity index (χ4v) is 5.18. The van der Waals surface area contributed by atoms with Crippen LogP contribution < -0.4 is 0 Å². The van der Waals surface area contributed by atoms with E-state index in [1.54, 1.807) is 0 Å². The lowest BCUT2D eigenvalue weighted by Crippen LogP contribution is -2.42. The van der Waals surface area contributed by atoms with Crippen molar-refractivity contribution >= 4 is 0 Å². The fraction of sp³-hybridized carbons (Fsp3) is 0.933. The number of unbranched alkanes of at least 4 members (excludes halogenated alkanes) is 18. The first-order valence-corrected chi connectivity index (χ1v) is 14.9. The topological polar surface area (TPSA) is 6.48 Å². The van der Waals surface area contributed by atoms with Crippen LogP contribution in [0.25, 0.3) is 0 Å². The highest BCUT2D eigenvalue weighted by Crippen LogP contribution is 2.25. The molecule has 32 heavy (non-hydrogen) atoms. The highest BCUT2D eigenvalue weighted by Gasteiger charge is 2.26. The summed E-state index contributed by atoms with van der Waals surface area (Å²) in [7, 11) is 0. The molecule has 0 bridgehead atoms. The van der Waals surface area contributed by atoms with Crippen molar-refractivity contribution in [2.45, 2.75) is 175 Å². The summed E-state index contributed by atoms with van der Waals surface area (Å²) in [6.45, 7) is 10.5. The second kappa shape index (κ2) is 20.9. The molecule has 0 aromatic carbocycles. The van der Waals surface area contributed by atoms with E-state index >= 15 is 0 Å². The van der Waals surface area contributed by atoms with Crippen LogP contribution in [0.5, 0.6) is 0 Å². The van der Waals surface area contributed by atoms with E-state index in [9.17, 15) is 0 Å². The average Bonchev–Trinajstić information content (AvgIpc) is 3.19. The number of hydrogen-bond donors (Lipinski definition) is 0. The average molecular weight is 449 g/mol. The first kappa shape index (κ1) is 29.4. The molecule has 1 unspecified atom stereocenters. The monoisotopic (exact) mass is 448 g/mol. The van der Waals surface area contributed by atoms with E-state index < -0.39 is 0 Å². The van der Waals surface area contributed by atoms with E-state index in [4.69, 9.17) is 0 Å². The van der Waals surface area contributed by atoms with Crippen LogP contribution in [-0.2, 0) is 0 Å². The van der Waals surface area contributed by atoms with Crippen molar-refractivity contribution in [3.63, 3.8) is 0 Å². The summed E-state index contributed by atoms with van der Waals surface area (Å²) in [4.78, 5) is 5.25. The molecule has 1 aliphatic rings. The molecule has 0 amide bonds. The lowest BCUT2D eigenvalue weighted by molar-refractivity contribution is 0.114. The minimum atomic E-state index is 0.609. The van der Waals surface area contributed by atoms with Gasteiger partial charge in [-0.05, 0) is 33.1 Å². The highest BCUT2D eigenvalue weighted by atomic mass is 15.4. The van der Waals surface area contributed by atoms with Crippen molar-refractivity contribution in [1.82, 2.24) is 9.80 Å². The van der Waals surface area contributed by atoms with E-state index in [-0.39, 0.29) is 0 Å². The SMILES string of the molecule is CCCCCCCCCCCCCCCN1C=CN(C(C)C)C1CCCCCCCCC. The zero-order valence-corrected chi connectivity index (χ0v) is 22.8. The van der Waals surface area contributed by atoms with Crippen LogP contribution in [0, 0.1) is 0 Å². The molecular weight excluding hydrogens is 388 g/mol. The van der Waals surface area contributed by atoms with Crippen molar-refractivity contribution in [1.29, 1.82) is 0 Å². The van der Waals surface area contributed by atoms with Gasteiger partial charge in [-0.3, -0.25) is 0 Å². The second-order valence-electron chi connectivity index (χ2n) is 10.7. The molecule has 2 heteroatoms. The van der Waals surface area contributed by atoms with Crippen LogP contribution in [0.4, 0.5) is 0 Å². The fourth-order valence-electron chi connectivity index (χ4n) is 5.18. The van der Waals surface area contributed by atoms with E-state index in [1.165, 1.54) is 141 Å². The molecule has 0 N–H and O–H groups in total. The van der Waals surface area contributed by atoms with Gasteiger partial charge in [-0.15, -0.1) is 0 Å². The third-order valence-corrected chi connectivity index (χ3v) is 7.34. The molecule has 0 aromatic heterocycles. The Kier molecular flexibility index (Phi) is 19.2. The van der Waals surface area contributed by atoms with Crippen LogP contribution in [0.15, 0.2) is 12.4 Å². The van der Waals surface area contributed by atoms with Crippen molar-refractivity contribution in [3.8, 4) is 0 Å². The Morgan fingerprint density at radius 2 is 0.938 bits per heavy atom.